The number of aliphatic hydroxyl groups is 1. The lowest BCUT2D eigenvalue weighted by atomic mass is 9.55. The molecule has 3 rings (SSSR count). The van der Waals surface area contributed by atoms with Gasteiger partial charge in [0.2, 0.25) is 0 Å². The Kier molecular flexibility index (Phi) is 5.12. The topological polar surface area (TPSA) is 46.1 Å². The molecule has 4 heteroatoms. The fourth-order valence-corrected chi connectivity index (χ4v) is 6.11. The molecule has 0 aromatic rings. The maximum atomic E-state index is 11.1. The second kappa shape index (κ2) is 6.51. The average Bonchev–Trinajstić information content (AvgIpc) is 2.50. The van der Waals surface area contributed by atoms with Crippen LogP contribution < -0.4 is 5.32 Å². The van der Waals surface area contributed by atoms with E-state index in [1.54, 1.807) is 0 Å². The van der Waals surface area contributed by atoms with Gasteiger partial charge in [-0.2, -0.15) is 7.05 Å². The molecular weight excluding hydrogens is 334 g/mol. The highest BCUT2D eigenvalue weighted by Gasteiger charge is 2.57. The van der Waals surface area contributed by atoms with E-state index in [9.17, 15) is 5.11 Å². The molecule has 0 unspecified atom stereocenters. The summed E-state index contributed by atoms with van der Waals surface area (Å²) in [7, 11) is 4.10. The minimum Gasteiger partial charge on any atom is -0.474 e. The van der Waals surface area contributed by atoms with Crippen LogP contribution in [0.5, 0.6) is 0 Å². The molecule has 0 aromatic heterocycles. The van der Waals surface area contributed by atoms with E-state index in [-0.39, 0.29) is 22.6 Å². The largest absolute Gasteiger partial charge is 0.474 e. The number of halogens is 1. The lowest BCUT2D eigenvalue weighted by Crippen LogP contribution is -2.92. The molecule has 0 radical (unpaired) electrons. The number of allylic oxidation sites excluding steroid dienone is 2. The Balaban J connectivity index is 1.97. The van der Waals surface area contributed by atoms with E-state index in [2.05, 4.69) is 40.8 Å². The monoisotopic (exact) mass is 369 g/mol. The highest BCUT2D eigenvalue weighted by Crippen LogP contribution is 2.53. The number of alkyl halides is 1. The average molecular weight is 370 g/mol. The van der Waals surface area contributed by atoms with Crippen molar-refractivity contribution in [2.24, 2.45) is 17.8 Å². The molecule has 0 amide bonds. The molecule has 1 heterocycles. The van der Waals surface area contributed by atoms with E-state index in [0.29, 0.717) is 17.8 Å². The van der Waals surface area contributed by atoms with Gasteiger partial charge in [-0.3, -0.25) is 0 Å². The smallest absolute Gasteiger partial charge is 0.111 e. The third-order valence-electron chi connectivity index (χ3n) is 7.49. The minimum atomic E-state index is -0.672. The van der Waals surface area contributed by atoms with Crippen molar-refractivity contribution in [3.8, 4) is 0 Å². The zero-order valence-electron chi connectivity index (χ0n) is 16.5. The van der Waals surface area contributed by atoms with E-state index in [4.69, 9.17) is 16.3 Å². The summed E-state index contributed by atoms with van der Waals surface area (Å²) >= 11 is 6.54. The van der Waals surface area contributed by atoms with Gasteiger partial charge in [-0.05, 0) is 72.6 Å². The first-order valence-corrected chi connectivity index (χ1v) is 10.3. The van der Waals surface area contributed by atoms with Gasteiger partial charge in [-0.1, -0.05) is 11.6 Å². The van der Waals surface area contributed by atoms with Gasteiger partial charge in [0.05, 0.1) is 22.6 Å². The van der Waals surface area contributed by atoms with Crippen molar-refractivity contribution in [1.82, 2.24) is 0 Å². The summed E-state index contributed by atoms with van der Waals surface area (Å²) in [5, 5.41) is 13.1. The van der Waals surface area contributed by atoms with Crippen molar-refractivity contribution in [2.75, 3.05) is 0 Å². The van der Waals surface area contributed by atoms with Gasteiger partial charge < -0.3 is 15.2 Å². The van der Waals surface area contributed by atoms with Crippen LogP contribution >= 0.6 is 11.6 Å². The zero-order chi connectivity index (χ0) is 18.6. The summed E-state index contributed by atoms with van der Waals surface area (Å²) in [6, 6.07) is 0.108. The van der Waals surface area contributed by atoms with Gasteiger partial charge in [0.15, 0.2) is 0 Å². The predicted molar refractivity (Wildman–Crippen MR) is 102 cm³/mol. The molecule has 0 aromatic carbocycles. The van der Waals surface area contributed by atoms with Gasteiger partial charge in [-0.15, -0.1) is 11.6 Å². The summed E-state index contributed by atoms with van der Waals surface area (Å²) in [6.07, 6.45) is 7.30. The fraction of sp³-hybridized carbons (Fsp3) is 0.857. The van der Waals surface area contributed by atoms with E-state index in [1.165, 1.54) is 5.57 Å². The number of nitrogens with two attached hydrogens (primary N) is 1. The Morgan fingerprint density at radius 1 is 1.24 bits per heavy atom. The third-order valence-corrected chi connectivity index (χ3v) is 8.23. The molecule has 1 saturated carbocycles. The number of hydrogen-bond donors (Lipinski definition) is 2. The van der Waals surface area contributed by atoms with Crippen LogP contribution in [0.15, 0.2) is 11.6 Å². The quantitative estimate of drug-likeness (QED) is 0.445. The molecule has 1 saturated heterocycles. The molecule has 3 aliphatic rings. The van der Waals surface area contributed by atoms with Crippen LogP contribution in [0.4, 0.5) is 0 Å². The van der Waals surface area contributed by atoms with Crippen LogP contribution in [0.1, 0.15) is 66.7 Å². The number of ether oxygens (including phenoxy) is 1. The molecule has 0 spiro atoms. The van der Waals surface area contributed by atoms with Gasteiger partial charge in [0.1, 0.15) is 5.60 Å². The van der Waals surface area contributed by atoms with E-state index in [1.807, 2.05) is 12.2 Å². The second-order valence-corrected chi connectivity index (χ2v) is 10.2. The summed E-state index contributed by atoms with van der Waals surface area (Å²) < 4.78 is 6.68. The Morgan fingerprint density at radius 2 is 1.92 bits per heavy atom. The van der Waals surface area contributed by atoms with Crippen LogP contribution in [-0.2, 0) is 4.74 Å². The molecule has 0 bridgehead atoms. The molecule has 7 atom stereocenters. The van der Waals surface area contributed by atoms with Crippen molar-refractivity contribution >= 4 is 11.6 Å². The SMILES string of the molecule is [CH2-][NH2+][C@@H]1[C@H]2[C@H](CC[C@@]1(C)O)C(C)=CC[C@@H]2[C@@]1(C)CC[C@H](Cl)C(C)(C)O1. The van der Waals surface area contributed by atoms with Gasteiger partial charge in [0, 0.05) is 11.8 Å². The first-order chi connectivity index (χ1) is 11.5. The van der Waals surface area contributed by atoms with Crippen LogP contribution in [0.3, 0.4) is 0 Å². The minimum absolute atomic E-state index is 0.0573. The van der Waals surface area contributed by atoms with Crippen LogP contribution in [-0.4, -0.2) is 33.3 Å². The number of quaternary nitrogens is 1. The maximum Gasteiger partial charge on any atom is 0.111 e. The van der Waals surface area contributed by atoms with Crippen LogP contribution in [0, 0.1) is 24.8 Å². The summed E-state index contributed by atoms with van der Waals surface area (Å²) in [6.45, 7) is 10.8. The maximum absolute atomic E-state index is 11.1. The summed E-state index contributed by atoms with van der Waals surface area (Å²) in [4.78, 5) is 0. The zero-order valence-corrected chi connectivity index (χ0v) is 17.3. The van der Waals surface area contributed by atoms with Crippen molar-refractivity contribution in [1.29, 1.82) is 0 Å². The normalized spacial score (nSPS) is 50.1. The molecule has 3 nitrogen and oxygen atoms in total. The predicted octanol–water partition coefficient (Wildman–Crippen LogP) is 3.41. The molecule has 1 aliphatic heterocycles. The van der Waals surface area contributed by atoms with Crippen molar-refractivity contribution in [3.63, 3.8) is 0 Å². The van der Waals surface area contributed by atoms with Gasteiger partial charge in [-0.25, -0.2) is 0 Å². The number of hydrogen-bond acceptors (Lipinski definition) is 2. The Labute approximate surface area is 158 Å². The first-order valence-electron chi connectivity index (χ1n) is 9.88. The van der Waals surface area contributed by atoms with E-state index >= 15 is 0 Å². The number of rotatable bonds is 2. The summed E-state index contributed by atoms with van der Waals surface area (Å²) in [5.74, 6) is 1.30. The lowest BCUT2D eigenvalue weighted by Gasteiger charge is -2.57. The van der Waals surface area contributed by atoms with Crippen molar-refractivity contribution in [2.45, 2.75) is 94.9 Å². The summed E-state index contributed by atoms with van der Waals surface area (Å²) in [5.41, 5.74) is 0.289. The van der Waals surface area contributed by atoms with Gasteiger partial charge >= 0.3 is 0 Å². The Morgan fingerprint density at radius 3 is 2.52 bits per heavy atom. The highest BCUT2D eigenvalue weighted by atomic mass is 35.5. The molecule has 3 N–H and O–H groups in total. The molecule has 2 aliphatic carbocycles. The third kappa shape index (κ3) is 3.31. The van der Waals surface area contributed by atoms with Crippen molar-refractivity contribution in [3.05, 3.63) is 18.7 Å². The fourth-order valence-electron chi connectivity index (χ4n) is 5.96. The molecule has 2 fully saturated rings. The Hall–Kier alpha value is -0.0900. The van der Waals surface area contributed by atoms with Gasteiger partial charge in [0.25, 0.3) is 0 Å². The van der Waals surface area contributed by atoms with E-state index < -0.39 is 5.60 Å². The standard InChI is InChI=1S/C21H36ClNO2/c1-13-7-8-15(21(5)12-10-16(22)19(2,3)25-21)17-14(13)9-11-20(4,24)18(17)23-6/h7,14-18,24H,6,8-12,23H2,1-5H3/t14-,15+,16+,17+,18-,20-,21-/m1/s1. The number of fused-ring (bicyclic) bond motifs is 1. The van der Waals surface area contributed by atoms with E-state index in [0.717, 1.165) is 32.1 Å². The van der Waals surface area contributed by atoms with Crippen LogP contribution in [0.2, 0.25) is 0 Å². The molecule has 25 heavy (non-hydrogen) atoms. The Bertz CT molecular complexity index is 544. The highest BCUT2D eigenvalue weighted by molar-refractivity contribution is 6.21. The first kappa shape index (κ1) is 19.7. The van der Waals surface area contributed by atoms with Crippen molar-refractivity contribution < 1.29 is 15.2 Å². The molecule has 144 valence electrons. The van der Waals surface area contributed by atoms with Crippen LogP contribution in [0.25, 0.3) is 0 Å². The second-order valence-electron chi connectivity index (χ2n) is 9.66. The lowest BCUT2D eigenvalue weighted by molar-refractivity contribution is -0.665. The molecular formula is C21H36ClNO2.